The van der Waals surface area contributed by atoms with E-state index >= 15 is 0 Å². The summed E-state index contributed by atoms with van der Waals surface area (Å²) >= 11 is 0. The van der Waals surface area contributed by atoms with Crippen molar-refractivity contribution in [3.63, 3.8) is 0 Å². The third kappa shape index (κ3) is 2.46. The van der Waals surface area contributed by atoms with E-state index in [-0.39, 0.29) is 17.0 Å². The van der Waals surface area contributed by atoms with Crippen LogP contribution in [0.2, 0.25) is 0 Å². The first kappa shape index (κ1) is 12.4. The van der Waals surface area contributed by atoms with E-state index < -0.39 is 0 Å². The third-order valence-corrected chi connectivity index (χ3v) is 2.52. The van der Waals surface area contributed by atoms with Gasteiger partial charge < -0.3 is 9.72 Å². The smallest absolute Gasteiger partial charge is 0.212 e. The second-order valence-corrected chi connectivity index (χ2v) is 3.65. The van der Waals surface area contributed by atoms with Crippen LogP contribution in [0, 0.1) is 22.7 Å². The summed E-state index contributed by atoms with van der Waals surface area (Å²) in [4.78, 5) is 7.00. The maximum atomic E-state index is 9.09. The van der Waals surface area contributed by atoms with Gasteiger partial charge in [0.05, 0.1) is 7.11 Å². The molecule has 19 heavy (non-hydrogen) atoms. The Morgan fingerprint density at radius 3 is 2.42 bits per heavy atom. The van der Waals surface area contributed by atoms with Crippen LogP contribution in [-0.2, 0) is 0 Å². The molecule has 0 fully saturated rings. The number of methoxy groups -OCH3 is 1. The molecule has 0 amide bonds. The van der Waals surface area contributed by atoms with E-state index in [1.54, 1.807) is 6.21 Å². The Labute approximate surface area is 110 Å². The molecule has 1 aromatic heterocycles. The molecule has 0 saturated heterocycles. The van der Waals surface area contributed by atoms with Gasteiger partial charge in [-0.15, -0.1) is 0 Å². The van der Waals surface area contributed by atoms with Crippen LogP contribution < -0.4 is 4.74 Å². The van der Waals surface area contributed by atoms with Crippen molar-refractivity contribution in [1.29, 1.82) is 10.5 Å². The van der Waals surface area contributed by atoms with Crippen LogP contribution in [0.15, 0.2) is 35.3 Å². The lowest BCUT2D eigenvalue weighted by Crippen LogP contribution is -1.85. The summed E-state index contributed by atoms with van der Waals surface area (Å²) in [6, 6.07) is 13.4. The minimum atomic E-state index is 0.171. The molecule has 0 unspecified atom stereocenters. The number of hydrogen-bond acceptors (Lipinski definition) is 4. The molecule has 2 rings (SSSR count). The average Bonchev–Trinajstić information content (AvgIpc) is 2.82. The van der Waals surface area contributed by atoms with Crippen LogP contribution in [-0.4, -0.2) is 18.3 Å². The van der Waals surface area contributed by atoms with Gasteiger partial charge in [0.25, 0.3) is 0 Å². The Bertz CT molecular complexity index is 687. The first-order valence-electron chi connectivity index (χ1n) is 5.49. The van der Waals surface area contributed by atoms with Gasteiger partial charge in [0, 0.05) is 6.21 Å². The molecule has 0 aliphatic rings. The number of benzene rings is 1. The molecule has 5 nitrogen and oxygen atoms in total. The van der Waals surface area contributed by atoms with Crippen molar-refractivity contribution in [2.24, 2.45) is 4.99 Å². The number of nitrogens with one attached hydrogen (secondary N) is 1. The largest absolute Gasteiger partial charge is 0.481 e. The van der Waals surface area contributed by atoms with Crippen molar-refractivity contribution in [1.82, 2.24) is 4.98 Å². The highest BCUT2D eigenvalue weighted by Gasteiger charge is 2.17. The highest BCUT2D eigenvalue weighted by atomic mass is 16.5. The summed E-state index contributed by atoms with van der Waals surface area (Å²) in [6.45, 7) is 0. The van der Waals surface area contributed by atoms with Crippen molar-refractivity contribution in [3.05, 3.63) is 47.0 Å². The minimum absolute atomic E-state index is 0.171. The van der Waals surface area contributed by atoms with Crippen molar-refractivity contribution in [3.8, 4) is 18.0 Å². The Hall–Kier alpha value is -3.05. The van der Waals surface area contributed by atoms with E-state index in [1.807, 2.05) is 42.5 Å². The van der Waals surface area contributed by atoms with Crippen molar-refractivity contribution < 1.29 is 4.74 Å². The molecule has 5 heteroatoms. The predicted octanol–water partition coefficient (Wildman–Crippen LogP) is 2.52. The fourth-order valence-corrected chi connectivity index (χ4v) is 1.61. The quantitative estimate of drug-likeness (QED) is 0.849. The van der Waals surface area contributed by atoms with E-state index in [4.69, 9.17) is 15.3 Å². The molecule has 0 aliphatic heterocycles. The lowest BCUT2D eigenvalue weighted by Gasteiger charge is -1.92. The van der Waals surface area contributed by atoms with Gasteiger partial charge in [-0.3, -0.25) is 0 Å². The normalized spacial score (nSPS) is 10.1. The monoisotopic (exact) mass is 250 g/mol. The van der Waals surface area contributed by atoms with E-state index in [9.17, 15) is 0 Å². The molecule has 2 aromatic rings. The molecule has 1 heterocycles. The third-order valence-electron chi connectivity index (χ3n) is 2.52. The van der Waals surface area contributed by atoms with Crippen LogP contribution in [0.3, 0.4) is 0 Å². The molecule has 1 aromatic carbocycles. The van der Waals surface area contributed by atoms with Gasteiger partial charge >= 0.3 is 0 Å². The molecule has 0 spiro atoms. The zero-order valence-corrected chi connectivity index (χ0v) is 10.2. The first-order valence-corrected chi connectivity index (χ1v) is 5.49. The number of rotatable bonds is 3. The van der Waals surface area contributed by atoms with Gasteiger partial charge in [-0.05, 0) is 5.56 Å². The van der Waals surface area contributed by atoms with E-state index in [1.165, 1.54) is 7.11 Å². The fraction of sp³-hybridized carbons (Fsp3) is 0.0714. The standard InChI is InChI=1S/C14H10N4O/c1-19-14-12(8-16)11(7-15)13(18-14)17-9-10-5-3-2-4-6-10/h2-6,9,18H,1H3. The van der Waals surface area contributed by atoms with Crippen molar-refractivity contribution >= 4 is 12.0 Å². The molecule has 0 radical (unpaired) electrons. The number of H-pyrrole nitrogens is 1. The number of ether oxygens (including phenoxy) is 1. The summed E-state index contributed by atoms with van der Waals surface area (Å²) in [5.41, 5.74) is 1.26. The maximum absolute atomic E-state index is 9.09. The van der Waals surface area contributed by atoms with Gasteiger partial charge in [-0.25, -0.2) is 4.99 Å². The molecule has 0 aliphatic carbocycles. The van der Waals surface area contributed by atoms with Crippen LogP contribution in [0.25, 0.3) is 0 Å². The summed E-state index contributed by atoms with van der Waals surface area (Å²) in [5, 5.41) is 18.1. The number of nitriles is 2. The Balaban J connectivity index is 2.42. The zero-order chi connectivity index (χ0) is 13.7. The topological polar surface area (TPSA) is 85.0 Å². The van der Waals surface area contributed by atoms with Crippen LogP contribution in [0.1, 0.15) is 16.7 Å². The van der Waals surface area contributed by atoms with E-state index in [0.29, 0.717) is 5.82 Å². The highest BCUT2D eigenvalue weighted by Crippen LogP contribution is 2.29. The van der Waals surface area contributed by atoms with Crippen LogP contribution >= 0.6 is 0 Å². The maximum Gasteiger partial charge on any atom is 0.212 e. The summed E-state index contributed by atoms with van der Waals surface area (Å²) in [7, 11) is 1.43. The fourth-order valence-electron chi connectivity index (χ4n) is 1.61. The second-order valence-electron chi connectivity index (χ2n) is 3.65. The minimum Gasteiger partial charge on any atom is -0.481 e. The SMILES string of the molecule is COc1[nH]c(N=Cc2ccccc2)c(C#N)c1C#N. The summed E-state index contributed by atoms with van der Waals surface area (Å²) in [5.74, 6) is 0.569. The number of hydrogen-bond donors (Lipinski definition) is 1. The van der Waals surface area contributed by atoms with Gasteiger partial charge in [-0.2, -0.15) is 10.5 Å². The highest BCUT2D eigenvalue weighted by molar-refractivity contribution is 5.82. The van der Waals surface area contributed by atoms with Gasteiger partial charge in [-0.1, -0.05) is 30.3 Å². The van der Waals surface area contributed by atoms with Crippen molar-refractivity contribution in [2.45, 2.75) is 0 Å². The predicted molar refractivity (Wildman–Crippen MR) is 70.5 cm³/mol. The molecule has 0 bridgehead atoms. The number of aromatic nitrogens is 1. The molecule has 0 saturated carbocycles. The van der Waals surface area contributed by atoms with Crippen molar-refractivity contribution in [2.75, 3.05) is 7.11 Å². The Kier molecular flexibility index (Phi) is 3.61. The lowest BCUT2D eigenvalue weighted by molar-refractivity contribution is 0.399. The molecule has 0 atom stereocenters. The number of nitrogens with zero attached hydrogens (tertiary/aromatic N) is 3. The number of aromatic amines is 1. The first-order chi connectivity index (χ1) is 9.30. The second kappa shape index (κ2) is 5.52. The van der Waals surface area contributed by atoms with Gasteiger partial charge in [0.1, 0.15) is 23.3 Å². The molecule has 92 valence electrons. The molecular formula is C14H10N4O. The molecular weight excluding hydrogens is 240 g/mol. The summed E-state index contributed by atoms with van der Waals surface area (Å²) < 4.78 is 5.01. The Morgan fingerprint density at radius 1 is 1.16 bits per heavy atom. The summed E-state index contributed by atoms with van der Waals surface area (Å²) in [6.07, 6.45) is 1.62. The average molecular weight is 250 g/mol. The van der Waals surface area contributed by atoms with Gasteiger partial charge in [0.2, 0.25) is 5.88 Å². The number of aliphatic imine (C=N–C) groups is 1. The van der Waals surface area contributed by atoms with Crippen LogP contribution in [0.5, 0.6) is 5.88 Å². The molecule has 1 N–H and O–H groups in total. The van der Waals surface area contributed by atoms with Gasteiger partial charge in [0.15, 0.2) is 5.82 Å². The lowest BCUT2D eigenvalue weighted by atomic mass is 10.2. The zero-order valence-electron chi connectivity index (χ0n) is 10.2. The Morgan fingerprint density at radius 2 is 1.84 bits per heavy atom. The van der Waals surface area contributed by atoms with Crippen LogP contribution in [0.4, 0.5) is 5.82 Å². The van der Waals surface area contributed by atoms with E-state index in [2.05, 4.69) is 9.98 Å². The van der Waals surface area contributed by atoms with E-state index in [0.717, 1.165) is 5.56 Å².